The molecule has 4 aromatic rings. The van der Waals surface area contributed by atoms with Crippen molar-refractivity contribution in [1.29, 1.82) is 0 Å². The Hall–Kier alpha value is -4.31. The number of piperazine rings is 1. The second-order valence-corrected chi connectivity index (χ2v) is 10.8. The third-order valence-electron chi connectivity index (χ3n) is 7.73. The second-order valence-electron chi connectivity index (χ2n) is 10.8. The number of benzene rings is 2. The van der Waals surface area contributed by atoms with Crippen LogP contribution in [-0.2, 0) is 13.0 Å². The lowest BCUT2D eigenvalue weighted by Gasteiger charge is -2.35. The summed E-state index contributed by atoms with van der Waals surface area (Å²) in [5.74, 6) is 1.91. The minimum atomic E-state index is -0.528. The number of rotatable bonds is 9. The molecule has 2 aromatic heterocycles. The van der Waals surface area contributed by atoms with Crippen molar-refractivity contribution in [2.75, 3.05) is 41.7 Å². The van der Waals surface area contributed by atoms with Crippen molar-refractivity contribution in [3.05, 3.63) is 88.5 Å². The number of carbonyl (C=O) groups excluding carboxylic acids is 1. The molecular formula is C31H35FN8O. The van der Waals surface area contributed by atoms with E-state index in [1.165, 1.54) is 41.8 Å². The average Bonchev–Trinajstić information content (AvgIpc) is 3.72. The van der Waals surface area contributed by atoms with Crippen LogP contribution < -0.4 is 15.5 Å². The molecule has 2 aliphatic rings. The summed E-state index contributed by atoms with van der Waals surface area (Å²) in [5, 5.41) is 13.7. The van der Waals surface area contributed by atoms with Gasteiger partial charge in [0.25, 0.3) is 5.91 Å². The number of halogens is 1. The lowest BCUT2D eigenvalue weighted by atomic mass is 10.0. The molecule has 212 valence electrons. The fraction of sp³-hybridized carbons (Fsp3) is 0.355. The first-order chi connectivity index (χ1) is 19.9. The van der Waals surface area contributed by atoms with Crippen molar-refractivity contribution in [1.82, 2.24) is 25.1 Å². The molecule has 3 heterocycles. The highest BCUT2D eigenvalue weighted by molar-refractivity contribution is 6.04. The smallest absolute Gasteiger partial charge is 0.258 e. The number of anilines is 4. The van der Waals surface area contributed by atoms with Gasteiger partial charge in [0.15, 0.2) is 5.82 Å². The van der Waals surface area contributed by atoms with Gasteiger partial charge in [-0.1, -0.05) is 25.1 Å². The number of H-pyrrole nitrogens is 1. The maximum atomic E-state index is 14.0. The van der Waals surface area contributed by atoms with E-state index < -0.39 is 11.7 Å². The highest BCUT2D eigenvalue weighted by Crippen LogP contribution is 2.39. The number of aryl methyl sites for hydroxylation is 2. The van der Waals surface area contributed by atoms with Crippen LogP contribution in [0.4, 0.5) is 27.7 Å². The third kappa shape index (κ3) is 6.38. The molecule has 41 heavy (non-hydrogen) atoms. The van der Waals surface area contributed by atoms with Gasteiger partial charge in [-0.05, 0) is 61.6 Å². The molecule has 0 spiro atoms. The summed E-state index contributed by atoms with van der Waals surface area (Å²) in [6.45, 7) is 8.35. The highest BCUT2D eigenvalue weighted by atomic mass is 19.1. The Kier molecular flexibility index (Phi) is 7.65. The molecule has 2 fully saturated rings. The molecule has 1 aliphatic carbocycles. The standard InChI is InChI=1S/C31H35FN8O/c1-3-21-17-24(34-30(41)25-6-4-5-7-26(25)32)11-10-23(21)19-39-12-14-40(15-13-39)31-33-20(2)16-28(36-31)35-29-18-27(37-38-29)22-8-9-22/h4-7,10-11,16-18,22H,3,8-9,12-15,19H2,1-2H3,(H,34,41)(H2,33,35,36,37,38). The van der Waals surface area contributed by atoms with Crippen LogP contribution in [0, 0.1) is 12.7 Å². The summed E-state index contributed by atoms with van der Waals surface area (Å²) in [7, 11) is 0. The monoisotopic (exact) mass is 554 g/mol. The summed E-state index contributed by atoms with van der Waals surface area (Å²) in [5.41, 5.74) is 5.20. The average molecular weight is 555 g/mol. The topological polar surface area (TPSA) is 102 Å². The molecule has 10 heteroatoms. The Labute approximate surface area is 239 Å². The molecule has 1 saturated carbocycles. The maximum absolute atomic E-state index is 14.0. The lowest BCUT2D eigenvalue weighted by Crippen LogP contribution is -2.46. The molecule has 2 aromatic carbocycles. The van der Waals surface area contributed by atoms with Crippen LogP contribution in [0.5, 0.6) is 0 Å². The number of hydrogen-bond donors (Lipinski definition) is 3. The summed E-state index contributed by atoms with van der Waals surface area (Å²) in [4.78, 5) is 26.7. The minimum Gasteiger partial charge on any atom is -0.338 e. The van der Waals surface area contributed by atoms with E-state index in [1.807, 2.05) is 25.1 Å². The molecule has 0 bridgehead atoms. The zero-order chi connectivity index (χ0) is 28.3. The van der Waals surface area contributed by atoms with Gasteiger partial charge in [-0.25, -0.2) is 9.37 Å². The number of amides is 1. The molecule has 1 aliphatic heterocycles. The first-order valence-corrected chi connectivity index (χ1v) is 14.3. The largest absolute Gasteiger partial charge is 0.338 e. The van der Waals surface area contributed by atoms with Gasteiger partial charge in [0, 0.05) is 67.8 Å². The van der Waals surface area contributed by atoms with E-state index in [4.69, 9.17) is 9.97 Å². The Bertz CT molecular complexity index is 1540. The Morgan fingerprint density at radius 2 is 1.80 bits per heavy atom. The number of aromatic nitrogens is 4. The predicted molar refractivity (Wildman–Crippen MR) is 158 cm³/mol. The summed E-state index contributed by atoms with van der Waals surface area (Å²) in [6.07, 6.45) is 3.29. The number of nitrogens with one attached hydrogen (secondary N) is 3. The molecular weight excluding hydrogens is 519 g/mol. The summed E-state index contributed by atoms with van der Waals surface area (Å²) in [6, 6.07) is 16.0. The molecule has 1 saturated heterocycles. The third-order valence-corrected chi connectivity index (χ3v) is 7.73. The summed E-state index contributed by atoms with van der Waals surface area (Å²) >= 11 is 0. The Morgan fingerprint density at radius 3 is 2.56 bits per heavy atom. The van der Waals surface area contributed by atoms with Gasteiger partial charge in [0.2, 0.25) is 5.95 Å². The van der Waals surface area contributed by atoms with Crippen LogP contribution in [0.1, 0.15) is 58.6 Å². The second kappa shape index (κ2) is 11.7. The van der Waals surface area contributed by atoms with Crippen LogP contribution in [-0.4, -0.2) is 57.2 Å². The van der Waals surface area contributed by atoms with Crippen molar-refractivity contribution >= 4 is 29.2 Å². The van der Waals surface area contributed by atoms with Crippen LogP contribution in [0.3, 0.4) is 0 Å². The highest BCUT2D eigenvalue weighted by Gasteiger charge is 2.26. The predicted octanol–water partition coefficient (Wildman–Crippen LogP) is 5.41. The molecule has 9 nitrogen and oxygen atoms in total. The molecule has 0 unspecified atom stereocenters. The first-order valence-electron chi connectivity index (χ1n) is 14.3. The van der Waals surface area contributed by atoms with Gasteiger partial charge in [0.1, 0.15) is 11.6 Å². The van der Waals surface area contributed by atoms with Crippen molar-refractivity contribution in [3.8, 4) is 0 Å². The van der Waals surface area contributed by atoms with E-state index in [2.05, 4.69) is 49.7 Å². The molecule has 3 N–H and O–H groups in total. The van der Waals surface area contributed by atoms with Crippen LogP contribution in [0.25, 0.3) is 0 Å². The van der Waals surface area contributed by atoms with Crippen LogP contribution in [0.2, 0.25) is 0 Å². The van der Waals surface area contributed by atoms with E-state index >= 15 is 0 Å². The Balaban J connectivity index is 1.06. The van der Waals surface area contributed by atoms with Crippen molar-refractivity contribution in [3.63, 3.8) is 0 Å². The number of hydrogen-bond acceptors (Lipinski definition) is 7. The van der Waals surface area contributed by atoms with Gasteiger partial charge in [-0.15, -0.1) is 0 Å². The van der Waals surface area contributed by atoms with E-state index in [0.717, 1.165) is 62.4 Å². The molecule has 1 amide bonds. The lowest BCUT2D eigenvalue weighted by molar-refractivity contribution is 0.102. The maximum Gasteiger partial charge on any atom is 0.258 e. The van der Waals surface area contributed by atoms with Gasteiger partial charge < -0.3 is 15.5 Å². The van der Waals surface area contributed by atoms with Gasteiger partial charge in [-0.3, -0.25) is 14.8 Å². The fourth-order valence-corrected chi connectivity index (χ4v) is 5.27. The van der Waals surface area contributed by atoms with E-state index in [9.17, 15) is 9.18 Å². The molecule has 0 radical (unpaired) electrons. The molecule has 6 rings (SSSR count). The van der Waals surface area contributed by atoms with Gasteiger partial charge in [-0.2, -0.15) is 10.1 Å². The van der Waals surface area contributed by atoms with Gasteiger partial charge in [0.05, 0.1) is 5.56 Å². The van der Waals surface area contributed by atoms with Crippen molar-refractivity contribution in [2.24, 2.45) is 0 Å². The normalized spacial score (nSPS) is 15.6. The minimum absolute atomic E-state index is 0.0387. The summed E-state index contributed by atoms with van der Waals surface area (Å²) < 4.78 is 14.0. The zero-order valence-corrected chi connectivity index (χ0v) is 23.5. The van der Waals surface area contributed by atoms with Crippen molar-refractivity contribution in [2.45, 2.75) is 45.6 Å². The quantitative estimate of drug-likeness (QED) is 0.254. The van der Waals surface area contributed by atoms with Crippen molar-refractivity contribution < 1.29 is 9.18 Å². The first kappa shape index (κ1) is 26.9. The zero-order valence-electron chi connectivity index (χ0n) is 23.5. The Morgan fingerprint density at radius 1 is 1.00 bits per heavy atom. The van der Waals surface area contributed by atoms with Gasteiger partial charge >= 0.3 is 0 Å². The van der Waals surface area contributed by atoms with E-state index in [0.29, 0.717) is 11.6 Å². The van der Waals surface area contributed by atoms with Crippen LogP contribution >= 0.6 is 0 Å². The van der Waals surface area contributed by atoms with Crippen LogP contribution in [0.15, 0.2) is 54.6 Å². The molecule has 0 atom stereocenters. The number of nitrogens with zero attached hydrogens (tertiary/aromatic N) is 5. The van der Waals surface area contributed by atoms with E-state index in [-0.39, 0.29) is 5.56 Å². The SMILES string of the molecule is CCc1cc(NC(=O)c2ccccc2F)ccc1CN1CCN(c2nc(C)cc(Nc3cc(C4CC4)[nH]n3)n2)CC1. The van der Waals surface area contributed by atoms with E-state index in [1.54, 1.807) is 12.1 Å². The fourth-order valence-electron chi connectivity index (χ4n) is 5.27. The number of aromatic amines is 1. The number of carbonyl (C=O) groups is 1.